The Morgan fingerprint density at radius 1 is 1.24 bits per heavy atom. The van der Waals surface area contributed by atoms with E-state index in [2.05, 4.69) is 58.8 Å². The largest absolute Gasteiger partial charge is 0.348 e. The molecule has 1 N–H and O–H groups in total. The predicted molar refractivity (Wildman–Crippen MR) is 95.4 cm³/mol. The van der Waals surface area contributed by atoms with Gasteiger partial charge in [0.25, 0.3) is 0 Å². The molecule has 0 saturated carbocycles. The monoisotopic (exact) mass is 311 g/mol. The molecule has 0 fully saturated rings. The second kappa shape index (κ2) is 8.14. The summed E-state index contributed by atoms with van der Waals surface area (Å²) in [5, 5.41) is 4.68. The van der Waals surface area contributed by atoms with Crippen LogP contribution in [0.3, 0.4) is 0 Å². The molecule has 1 aromatic heterocycles. The van der Waals surface area contributed by atoms with Gasteiger partial charge in [-0.2, -0.15) is 0 Å². The van der Waals surface area contributed by atoms with Crippen LogP contribution in [-0.4, -0.2) is 24.6 Å². The Labute approximate surface area is 135 Å². The fraction of sp³-hybridized carbons (Fsp3) is 0.824. The molecule has 3 nitrogen and oxygen atoms in total. The minimum atomic E-state index is 0.256. The first kappa shape index (κ1) is 18.4. The second-order valence-electron chi connectivity index (χ2n) is 6.95. The number of aromatic nitrogens is 1. The maximum Gasteiger partial charge on any atom is 0.185 e. The minimum Gasteiger partial charge on any atom is -0.348 e. The summed E-state index contributed by atoms with van der Waals surface area (Å²) in [5.41, 5.74) is 1.54. The maximum absolute atomic E-state index is 4.92. The van der Waals surface area contributed by atoms with E-state index in [0.29, 0.717) is 6.04 Å². The summed E-state index contributed by atoms with van der Waals surface area (Å²) < 4.78 is 0. The third-order valence-electron chi connectivity index (χ3n) is 4.10. The van der Waals surface area contributed by atoms with Gasteiger partial charge in [0.15, 0.2) is 5.13 Å². The zero-order valence-electron chi connectivity index (χ0n) is 14.9. The average Bonchev–Trinajstić information content (AvgIpc) is 2.80. The number of nitrogens with zero attached hydrogens (tertiary/aromatic N) is 2. The Hall–Kier alpha value is -0.610. The van der Waals surface area contributed by atoms with Crippen molar-refractivity contribution in [3.63, 3.8) is 0 Å². The molecule has 1 unspecified atom stereocenters. The molecule has 0 aliphatic heterocycles. The van der Waals surface area contributed by atoms with Gasteiger partial charge in [-0.1, -0.05) is 41.0 Å². The molecule has 1 rings (SSSR count). The second-order valence-corrected chi connectivity index (χ2v) is 8.01. The molecule has 0 amide bonds. The molecule has 0 radical (unpaired) electrons. The van der Waals surface area contributed by atoms with Gasteiger partial charge in [0, 0.05) is 24.5 Å². The van der Waals surface area contributed by atoms with Crippen LogP contribution in [0, 0.1) is 5.41 Å². The Kier molecular flexibility index (Phi) is 7.14. The topological polar surface area (TPSA) is 28.2 Å². The number of thiazole rings is 1. The van der Waals surface area contributed by atoms with Gasteiger partial charge in [-0.25, -0.2) is 4.98 Å². The van der Waals surface area contributed by atoms with Gasteiger partial charge in [-0.3, -0.25) is 0 Å². The van der Waals surface area contributed by atoms with E-state index in [1.807, 2.05) is 11.3 Å². The van der Waals surface area contributed by atoms with Crippen molar-refractivity contribution in [3.8, 4) is 0 Å². The van der Waals surface area contributed by atoms with Crippen molar-refractivity contribution >= 4 is 16.5 Å². The van der Waals surface area contributed by atoms with Crippen LogP contribution in [0.4, 0.5) is 5.13 Å². The first-order valence-corrected chi connectivity index (χ1v) is 9.05. The van der Waals surface area contributed by atoms with Gasteiger partial charge < -0.3 is 10.2 Å². The van der Waals surface area contributed by atoms with Crippen molar-refractivity contribution in [3.05, 3.63) is 10.6 Å². The molecule has 1 heterocycles. The molecule has 4 heteroatoms. The quantitative estimate of drug-likeness (QED) is 0.718. The van der Waals surface area contributed by atoms with Crippen molar-refractivity contribution < 1.29 is 0 Å². The first-order chi connectivity index (χ1) is 9.81. The number of nitrogens with one attached hydrogen (secondary N) is 1. The van der Waals surface area contributed by atoms with Gasteiger partial charge in [-0.05, 0) is 31.7 Å². The molecule has 1 atom stereocenters. The van der Waals surface area contributed by atoms with Crippen LogP contribution < -0.4 is 10.2 Å². The highest BCUT2D eigenvalue weighted by molar-refractivity contribution is 7.15. The van der Waals surface area contributed by atoms with Gasteiger partial charge in [0.1, 0.15) is 0 Å². The van der Waals surface area contributed by atoms with Crippen LogP contribution >= 0.6 is 11.3 Å². The van der Waals surface area contributed by atoms with Crippen molar-refractivity contribution in [1.82, 2.24) is 10.3 Å². The summed E-state index contributed by atoms with van der Waals surface area (Å²) in [6.45, 7) is 15.6. The van der Waals surface area contributed by atoms with E-state index in [0.717, 1.165) is 31.1 Å². The van der Waals surface area contributed by atoms with Crippen LogP contribution in [0.2, 0.25) is 0 Å². The van der Waals surface area contributed by atoms with E-state index in [1.165, 1.54) is 17.0 Å². The van der Waals surface area contributed by atoms with Gasteiger partial charge >= 0.3 is 0 Å². The Bertz CT molecular complexity index is 420. The summed E-state index contributed by atoms with van der Waals surface area (Å²) in [5.74, 6) is 0. The van der Waals surface area contributed by atoms with Crippen LogP contribution in [0.1, 0.15) is 65.0 Å². The zero-order valence-corrected chi connectivity index (χ0v) is 15.7. The summed E-state index contributed by atoms with van der Waals surface area (Å²) >= 11 is 1.85. The number of rotatable bonds is 8. The molecule has 0 aliphatic carbocycles. The van der Waals surface area contributed by atoms with E-state index in [-0.39, 0.29) is 5.41 Å². The smallest absolute Gasteiger partial charge is 0.185 e. The standard InChI is InChI=1S/C17H33N3S/c1-8-10-14-15(12-18-11-9-2)21-16(19-14)20(7)13(3)17(4,5)6/h13,18H,8-12H2,1-7H3. The number of hydrogen-bond acceptors (Lipinski definition) is 4. The molecule has 0 saturated heterocycles. The van der Waals surface area contributed by atoms with Crippen molar-refractivity contribution in [2.24, 2.45) is 5.41 Å². The molecule has 0 spiro atoms. The lowest BCUT2D eigenvalue weighted by atomic mass is 9.87. The van der Waals surface area contributed by atoms with Crippen LogP contribution in [0.5, 0.6) is 0 Å². The van der Waals surface area contributed by atoms with E-state index >= 15 is 0 Å². The zero-order chi connectivity index (χ0) is 16.0. The van der Waals surface area contributed by atoms with Crippen LogP contribution in [0.15, 0.2) is 0 Å². The molecular weight excluding hydrogens is 278 g/mol. The Morgan fingerprint density at radius 2 is 1.90 bits per heavy atom. The lowest BCUT2D eigenvalue weighted by molar-refractivity contribution is 0.329. The Morgan fingerprint density at radius 3 is 2.43 bits per heavy atom. The van der Waals surface area contributed by atoms with Gasteiger partial charge in [0.05, 0.1) is 5.69 Å². The summed E-state index contributed by atoms with van der Waals surface area (Å²) in [7, 11) is 2.17. The highest BCUT2D eigenvalue weighted by Crippen LogP contribution is 2.32. The summed E-state index contributed by atoms with van der Waals surface area (Å²) in [6.07, 6.45) is 3.41. The maximum atomic E-state index is 4.92. The fourth-order valence-corrected chi connectivity index (χ4v) is 3.33. The number of anilines is 1. The highest BCUT2D eigenvalue weighted by atomic mass is 32.1. The lowest BCUT2D eigenvalue weighted by Gasteiger charge is -2.35. The van der Waals surface area contributed by atoms with Crippen LogP contribution in [0.25, 0.3) is 0 Å². The molecule has 122 valence electrons. The first-order valence-electron chi connectivity index (χ1n) is 8.23. The van der Waals surface area contributed by atoms with Crippen molar-refractivity contribution in [2.45, 2.75) is 73.4 Å². The minimum absolute atomic E-state index is 0.256. The number of hydrogen-bond donors (Lipinski definition) is 1. The molecule has 1 aromatic rings. The average molecular weight is 312 g/mol. The predicted octanol–water partition coefficient (Wildman–Crippen LogP) is 4.47. The van der Waals surface area contributed by atoms with E-state index in [1.54, 1.807) is 0 Å². The third kappa shape index (κ3) is 5.26. The Balaban J connectivity index is 2.90. The van der Waals surface area contributed by atoms with Gasteiger partial charge in [-0.15, -0.1) is 11.3 Å². The van der Waals surface area contributed by atoms with E-state index < -0.39 is 0 Å². The SMILES string of the molecule is CCCNCc1sc(N(C)C(C)C(C)(C)C)nc1CCC. The van der Waals surface area contributed by atoms with Crippen LogP contribution in [-0.2, 0) is 13.0 Å². The van der Waals surface area contributed by atoms with Crippen molar-refractivity contribution in [2.75, 3.05) is 18.5 Å². The molecular formula is C17H33N3S. The molecule has 0 aliphatic rings. The lowest BCUT2D eigenvalue weighted by Crippen LogP contribution is -2.39. The summed E-state index contributed by atoms with van der Waals surface area (Å²) in [4.78, 5) is 8.67. The molecule has 0 aromatic carbocycles. The van der Waals surface area contributed by atoms with Crippen molar-refractivity contribution in [1.29, 1.82) is 0 Å². The van der Waals surface area contributed by atoms with E-state index in [4.69, 9.17) is 4.98 Å². The van der Waals surface area contributed by atoms with E-state index in [9.17, 15) is 0 Å². The number of aryl methyl sites for hydroxylation is 1. The summed E-state index contributed by atoms with van der Waals surface area (Å²) in [6, 6.07) is 0.467. The highest BCUT2D eigenvalue weighted by Gasteiger charge is 2.26. The molecule has 21 heavy (non-hydrogen) atoms. The normalized spacial score (nSPS) is 13.5. The fourth-order valence-electron chi connectivity index (χ4n) is 2.22. The third-order valence-corrected chi connectivity index (χ3v) is 5.29. The van der Waals surface area contributed by atoms with Gasteiger partial charge in [0.2, 0.25) is 0 Å². The molecule has 0 bridgehead atoms.